The van der Waals surface area contributed by atoms with Crippen LogP contribution in [0, 0.1) is 0 Å². The van der Waals surface area contributed by atoms with Crippen LogP contribution in [0.25, 0.3) is 0 Å². The van der Waals surface area contributed by atoms with Crippen molar-refractivity contribution < 1.29 is 9.59 Å². The monoisotopic (exact) mass is 385 g/mol. The normalized spacial score (nSPS) is 14.8. The lowest BCUT2D eigenvalue weighted by atomic mass is 10.1. The summed E-state index contributed by atoms with van der Waals surface area (Å²) >= 11 is 5.92. The Bertz CT molecular complexity index is 782. The van der Waals surface area contributed by atoms with Crippen molar-refractivity contribution >= 4 is 29.1 Å². The predicted molar refractivity (Wildman–Crippen MR) is 108 cm³/mol. The second kappa shape index (κ2) is 9.02. The van der Waals surface area contributed by atoms with Gasteiger partial charge in [0.1, 0.15) is 0 Å². The average molecular weight is 386 g/mol. The number of hydrogen-bond donors (Lipinski definition) is 1. The lowest BCUT2D eigenvalue weighted by molar-refractivity contribution is -0.114. The van der Waals surface area contributed by atoms with Gasteiger partial charge in [0.2, 0.25) is 5.91 Å². The molecule has 3 rings (SSSR count). The lowest BCUT2D eigenvalue weighted by Crippen LogP contribution is -2.49. The number of carbonyl (C=O) groups excluding carboxylic acids is 2. The third-order valence-electron chi connectivity index (χ3n) is 4.74. The summed E-state index contributed by atoms with van der Waals surface area (Å²) < 4.78 is 0. The van der Waals surface area contributed by atoms with Crippen molar-refractivity contribution in [2.45, 2.75) is 13.3 Å². The molecule has 142 valence electrons. The van der Waals surface area contributed by atoms with Gasteiger partial charge in [-0.2, -0.15) is 0 Å². The number of halogens is 1. The van der Waals surface area contributed by atoms with E-state index >= 15 is 0 Å². The summed E-state index contributed by atoms with van der Waals surface area (Å²) in [5.41, 5.74) is 2.63. The average Bonchev–Trinajstić information content (AvgIpc) is 2.67. The van der Waals surface area contributed by atoms with Gasteiger partial charge in [0.25, 0.3) is 5.91 Å². The molecule has 2 amide bonds. The number of nitrogens with zero attached hydrogens (tertiary/aromatic N) is 2. The molecule has 1 fully saturated rings. The number of carbonyl (C=O) groups is 2. The lowest BCUT2D eigenvalue weighted by Gasteiger charge is -2.34. The first kappa shape index (κ1) is 19.4. The molecule has 6 heteroatoms. The fourth-order valence-corrected chi connectivity index (χ4v) is 3.32. The van der Waals surface area contributed by atoms with E-state index in [2.05, 4.69) is 22.3 Å². The van der Waals surface area contributed by atoms with Gasteiger partial charge in [-0.05, 0) is 48.4 Å². The summed E-state index contributed by atoms with van der Waals surface area (Å²) in [5, 5.41) is 3.47. The molecule has 0 aliphatic carbocycles. The van der Waals surface area contributed by atoms with Gasteiger partial charge in [0.05, 0.1) is 0 Å². The van der Waals surface area contributed by atoms with Crippen molar-refractivity contribution in [3.8, 4) is 0 Å². The molecule has 0 bridgehead atoms. The van der Waals surface area contributed by atoms with E-state index in [4.69, 9.17) is 11.6 Å². The Labute approximate surface area is 164 Å². The highest BCUT2D eigenvalue weighted by atomic mass is 35.5. The van der Waals surface area contributed by atoms with Crippen molar-refractivity contribution in [2.24, 2.45) is 0 Å². The highest BCUT2D eigenvalue weighted by molar-refractivity contribution is 6.30. The van der Waals surface area contributed by atoms with Gasteiger partial charge in [0.15, 0.2) is 0 Å². The van der Waals surface area contributed by atoms with Crippen LogP contribution in [-0.4, -0.2) is 54.3 Å². The van der Waals surface area contributed by atoms with Crippen LogP contribution in [0.5, 0.6) is 0 Å². The number of anilines is 1. The summed E-state index contributed by atoms with van der Waals surface area (Å²) in [6.07, 6.45) is 0.982. The number of hydrogen-bond acceptors (Lipinski definition) is 3. The van der Waals surface area contributed by atoms with Crippen LogP contribution in [0.15, 0.2) is 48.5 Å². The van der Waals surface area contributed by atoms with Crippen LogP contribution < -0.4 is 5.32 Å². The Morgan fingerprint density at radius 2 is 1.59 bits per heavy atom. The number of benzene rings is 2. The van der Waals surface area contributed by atoms with Gasteiger partial charge in [-0.3, -0.25) is 14.5 Å². The van der Waals surface area contributed by atoms with Gasteiger partial charge < -0.3 is 10.2 Å². The molecule has 1 heterocycles. The van der Waals surface area contributed by atoms with E-state index in [0.29, 0.717) is 11.3 Å². The molecule has 1 saturated heterocycles. The molecule has 0 saturated carbocycles. The maximum Gasteiger partial charge on any atom is 0.253 e. The first-order chi connectivity index (χ1) is 13.0. The van der Waals surface area contributed by atoms with Gasteiger partial charge in [0, 0.05) is 55.9 Å². The number of amides is 2. The number of piperazine rings is 1. The summed E-state index contributed by atoms with van der Waals surface area (Å²) in [7, 11) is 0. The Balaban J connectivity index is 1.47. The molecule has 1 N–H and O–H groups in total. The second-order valence-corrected chi connectivity index (χ2v) is 7.21. The number of rotatable bonds is 5. The van der Waals surface area contributed by atoms with E-state index in [0.717, 1.165) is 44.2 Å². The van der Waals surface area contributed by atoms with Crippen LogP contribution in [0.2, 0.25) is 5.02 Å². The third-order valence-corrected chi connectivity index (χ3v) is 4.99. The largest absolute Gasteiger partial charge is 0.336 e. The summed E-state index contributed by atoms with van der Waals surface area (Å²) in [6, 6.07) is 15.0. The zero-order chi connectivity index (χ0) is 19.2. The fourth-order valence-electron chi connectivity index (χ4n) is 3.19. The summed E-state index contributed by atoms with van der Waals surface area (Å²) in [5.74, 6) is -0.0782. The van der Waals surface area contributed by atoms with E-state index in [9.17, 15) is 9.59 Å². The minimum atomic E-state index is -0.121. The Morgan fingerprint density at radius 1 is 0.963 bits per heavy atom. The molecule has 0 atom stereocenters. The first-order valence-corrected chi connectivity index (χ1v) is 9.53. The Kier molecular flexibility index (Phi) is 6.48. The SMILES string of the molecule is CC(=O)Nc1ccc(C(=O)N2CCN(CCc3ccc(Cl)cc3)CC2)cc1. The quantitative estimate of drug-likeness (QED) is 0.859. The highest BCUT2D eigenvalue weighted by Crippen LogP contribution is 2.14. The van der Waals surface area contributed by atoms with Gasteiger partial charge in [-0.25, -0.2) is 0 Å². The van der Waals surface area contributed by atoms with E-state index in [1.807, 2.05) is 17.0 Å². The molecule has 0 radical (unpaired) electrons. The van der Waals surface area contributed by atoms with Gasteiger partial charge >= 0.3 is 0 Å². The topological polar surface area (TPSA) is 52.7 Å². The van der Waals surface area contributed by atoms with E-state index in [1.54, 1.807) is 24.3 Å². The highest BCUT2D eigenvalue weighted by Gasteiger charge is 2.21. The minimum absolute atomic E-state index is 0.0433. The Hall–Kier alpha value is -2.37. The first-order valence-electron chi connectivity index (χ1n) is 9.15. The maximum atomic E-state index is 12.7. The Morgan fingerprint density at radius 3 is 2.19 bits per heavy atom. The van der Waals surface area contributed by atoms with E-state index in [1.165, 1.54) is 12.5 Å². The predicted octanol–water partition coefficient (Wildman–Crippen LogP) is 3.30. The van der Waals surface area contributed by atoms with Crippen molar-refractivity contribution in [3.63, 3.8) is 0 Å². The molecule has 2 aromatic rings. The van der Waals surface area contributed by atoms with Crippen molar-refractivity contribution in [1.29, 1.82) is 0 Å². The van der Waals surface area contributed by atoms with Gasteiger partial charge in [-0.15, -0.1) is 0 Å². The summed E-state index contributed by atoms with van der Waals surface area (Å²) in [4.78, 5) is 28.0. The molecule has 2 aromatic carbocycles. The fraction of sp³-hybridized carbons (Fsp3) is 0.333. The van der Waals surface area contributed by atoms with Crippen molar-refractivity contribution in [1.82, 2.24) is 9.80 Å². The molecule has 27 heavy (non-hydrogen) atoms. The molecule has 1 aliphatic rings. The second-order valence-electron chi connectivity index (χ2n) is 6.77. The third kappa shape index (κ3) is 5.55. The molecular weight excluding hydrogens is 362 g/mol. The van der Waals surface area contributed by atoms with Gasteiger partial charge in [-0.1, -0.05) is 23.7 Å². The standard InChI is InChI=1S/C21H24ClN3O2/c1-16(26)23-20-8-4-18(5-9-20)21(27)25-14-12-24(13-15-25)11-10-17-2-6-19(22)7-3-17/h2-9H,10-15H2,1H3,(H,23,26). The molecule has 0 spiro atoms. The molecule has 0 aromatic heterocycles. The van der Waals surface area contributed by atoms with Crippen LogP contribution in [-0.2, 0) is 11.2 Å². The molecular formula is C21H24ClN3O2. The number of nitrogens with one attached hydrogen (secondary N) is 1. The van der Waals surface area contributed by atoms with E-state index in [-0.39, 0.29) is 11.8 Å². The molecule has 5 nitrogen and oxygen atoms in total. The minimum Gasteiger partial charge on any atom is -0.336 e. The van der Waals surface area contributed by atoms with Crippen LogP contribution in [0.1, 0.15) is 22.8 Å². The van der Waals surface area contributed by atoms with Crippen molar-refractivity contribution in [3.05, 3.63) is 64.7 Å². The molecule has 0 unspecified atom stereocenters. The van der Waals surface area contributed by atoms with Crippen LogP contribution in [0.4, 0.5) is 5.69 Å². The van der Waals surface area contributed by atoms with Crippen molar-refractivity contribution in [2.75, 3.05) is 38.0 Å². The van der Waals surface area contributed by atoms with Crippen LogP contribution >= 0.6 is 11.6 Å². The smallest absolute Gasteiger partial charge is 0.253 e. The zero-order valence-electron chi connectivity index (χ0n) is 15.5. The summed E-state index contributed by atoms with van der Waals surface area (Å²) in [6.45, 7) is 5.66. The maximum absolute atomic E-state index is 12.7. The molecule has 1 aliphatic heterocycles. The van der Waals surface area contributed by atoms with E-state index < -0.39 is 0 Å². The zero-order valence-corrected chi connectivity index (χ0v) is 16.2. The van der Waals surface area contributed by atoms with Crippen LogP contribution in [0.3, 0.4) is 0 Å².